The molecule has 0 amide bonds. The van der Waals surface area contributed by atoms with Crippen LogP contribution in [-0.2, 0) is 6.18 Å². The first kappa shape index (κ1) is 23.7. The van der Waals surface area contributed by atoms with E-state index in [1.54, 1.807) is 9.58 Å². The first-order valence-electron chi connectivity index (χ1n) is 10.8. The molecule has 1 saturated carbocycles. The van der Waals surface area contributed by atoms with Crippen molar-refractivity contribution in [3.8, 4) is 18.0 Å². The highest BCUT2D eigenvalue weighted by molar-refractivity contribution is 5.34. The van der Waals surface area contributed by atoms with Gasteiger partial charge in [-0.1, -0.05) is 13.0 Å². The normalized spacial score (nSPS) is 20.9. The van der Waals surface area contributed by atoms with Gasteiger partial charge in [-0.3, -0.25) is 0 Å². The van der Waals surface area contributed by atoms with Crippen LogP contribution in [0.2, 0.25) is 0 Å². The topological polar surface area (TPSA) is 79.0 Å². The molecule has 0 saturated heterocycles. The number of benzene rings is 1. The molecule has 0 radical (unpaired) electrons. The van der Waals surface area contributed by atoms with Gasteiger partial charge in [-0.2, -0.15) is 23.4 Å². The van der Waals surface area contributed by atoms with Gasteiger partial charge in [0.1, 0.15) is 5.75 Å². The zero-order chi connectivity index (χ0) is 23.5. The van der Waals surface area contributed by atoms with Crippen molar-refractivity contribution in [2.75, 3.05) is 18.4 Å². The summed E-state index contributed by atoms with van der Waals surface area (Å²) in [5.41, 5.74) is -0.787. The number of anilines is 1. The van der Waals surface area contributed by atoms with E-state index in [4.69, 9.17) is 4.74 Å². The molecule has 1 aliphatic carbocycles. The average molecular weight is 451 g/mol. The standard InChI is InChI=1S/C22H29F3N6O/c1-5-30(13-26)12-16-10-9-15(4)19(16)27-20-28-21(31(29-20)14(2)3)32-18-8-6-7-17(11-18)22(23,24)25/h6-8,11,14-16,19H,5,9-10,12H2,1-4H3,(H,27,29)/t15-,16-,19+/m0/s1. The number of hydrogen-bond acceptors (Lipinski definition) is 6. The summed E-state index contributed by atoms with van der Waals surface area (Å²) >= 11 is 0. The van der Waals surface area contributed by atoms with Crippen LogP contribution in [-0.4, -0.2) is 38.8 Å². The molecule has 1 aliphatic rings. The molecule has 0 bridgehead atoms. The first-order chi connectivity index (χ1) is 15.1. The van der Waals surface area contributed by atoms with E-state index in [-0.39, 0.29) is 29.8 Å². The number of nitrogens with zero attached hydrogens (tertiary/aromatic N) is 5. The van der Waals surface area contributed by atoms with Crippen molar-refractivity contribution in [2.24, 2.45) is 11.8 Å². The van der Waals surface area contributed by atoms with Crippen LogP contribution in [0.25, 0.3) is 0 Å². The summed E-state index contributed by atoms with van der Waals surface area (Å²) in [6.07, 6.45) is -0.212. The summed E-state index contributed by atoms with van der Waals surface area (Å²) in [5.74, 6) is 1.05. The van der Waals surface area contributed by atoms with E-state index in [9.17, 15) is 18.4 Å². The summed E-state index contributed by atoms with van der Waals surface area (Å²) in [7, 11) is 0. The SMILES string of the molecule is CCN(C#N)C[C@@H]1CC[C@H](C)[C@H]1Nc1nc(Oc2cccc(C(F)(F)F)c2)n(C(C)C)n1. The zero-order valence-electron chi connectivity index (χ0n) is 18.7. The Hall–Kier alpha value is -2.96. The van der Waals surface area contributed by atoms with E-state index >= 15 is 0 Å². The van der Waals surface area contributed by atoms with Crippen molar-refractivity contribution in [3.63, 3.8) is 0 Å². The molecule has 1 aromatic heterocycles. The highest BCUT2D eigenvalue weighted by atomic mass is 19.4. The zero-order valence-corrected chi connectivity index (χ0v) is 18.7. The third-order valence-corrected chi connectivity index (χ3v) is 5.85. The Morgan fingerprint density at radius 2 is 2.09 bits per heavy atom. The van der Waals surface area contributed by atoms with E-state index in [0.29, 0.717) is 25.0 Å². The highest BCUT2D eigenvalue weighted by Crippen LogP contribution is 2.35. The van der Waals surface area contributed by atoms with Crippen molar-refractivity contribution in [1.82, 2.24) is 19.7 Å². The summed E-state index contributed by atoms with van der Waals surface area (Å²) in [6.45, 7) is 9.21. The van der Waals surface area contributed by atoms with Crippen LogP contribution in [0.1, 0.15) is 52.1 Å². The lowest BCUT2D eigenvalue weighted by atomic mass is 9.98. The molecule has 1 N–H and O–H groups in total. The van der Waals surface area contributed by atoms with Crippen molar-refractivity contribution in [2.45, 2.75) is 58.8 Å². The molecule has 1 heterocycles. The molecule has 3 rings (SSSR count). The number of nitrogens with one attached hydrogen (secondary N) is 1. The maximum absolute atomic E-state index is 13.0. The fourth-order valence-electron chi connectivity index (χ4n) is 4.06. The molecule has 174 valence electrons. The fourth-order valence-corrected chi connectivity index (χ4v) is 4.06. The van der Waals surface area contributed by atoms with Crippen molar-refractivity contribution in [1.29, 1.82) is 5.26 Å². The van der Waals surface area contributed by atoms with Gasteiger partial charge in [0.2, 0.25) is 5.95 Å². The Labute approximate surface area is 186 Å². The second-order valence-corrected chi connectivity index (χ2v) is 8.51. The lowest BCUT2D eigenvalue weighted by molar-refractivity contribution is -0.137. The lowest BCUT2D eigenvalue weighted by Crippen LogP contribution is -2.36. The molecule has 0 unspecified atom stereocenters. The average Bonchev–Trinajstić information content (AvgIpc) is 3.29. The minimum atomic E-state index is -4.46. The summed E-state index contributed by atoms with van der Waals surface area (Å²) in [5, 5.41) is 17.2. The van der Waals surface area contributed by atoms with E-state index in [0.717, 1.165) is 25.0 Å². The molecule has 0 aliphatic heterocycles. The summed E-state index contributed by atoms with van der Waals surface area (Å²) < 4.78 is 46.4. The van der Waals surface area contributed by atoms with Gasteiger partial charge in [0.15, 0.2) is 6.19 Å². The van der Waals surface area contributed by atoms with Gasteiger partial charge in [0, 0.05) is 19.1 Å². The van der Waals surface area contributed by atoms with Gasteiger partial charge in [-0.15, -0.1) is 5.10 Å². The lowest BCUT2D eigenvalue weighted by Gasteiger charge is -2.26. The van der Waals surface area contributed by atoms with Crippen LogP contribution < -0.4 is 10.1 Å². The van der Waals surface area contributed by atoms with Gasteiger partial charge < -0.3 is 15.0 Å². The van der Waals surface area contributed by atoms with Crippen molar-refractivity contribution in [3.05, 3.63) is 29.8 Å². The number of hydrogen-bond donors (Lipinski definition) is 1. The quantitative estimate of drug-likeness (QED) is 0.434. The number of ether oxygens (including phenoxy) is 1. The van der Waals surface area contributed by atoms with Gasteiger partial charge in [0.05, 0.1) is 11.6 Å². The summed E-state index contributed by atoms with van der Waals surface area (Å²) in [4.78, 5) is 6.16. The van der Waals surface area contributed by atoms with E-state index in [1.165, 1.54) is 12.1 Å². The molecule has 7 nitrogen and oxygen atoms in total. The maximum Gasteiger partial charge on any atom is 0.416 e. The van der Waals surface area contributed by atoms with Gasteiger partial charge in [-0.05, 0) is 63.6 Å². The minimum absolute atomic E-state index is 0.0420. The monoisotopic (exact) mass is 450 g/mol. The van der Waals surface area contributed by atoms with Crippen LogP contribution in [0, 0.1) is 23.3 Å². The molecule has 3 atom stereocenters. The molecular weight excluding hydrogens is 421 g/mol. The third-order valence-electron chi connectivity index (χ3n) is 5.85. The Bertz CT molecular complexity index is 952. The van der Waals surface area contributed by atoms with Gasteiger partial charge in [0.25, 0.3) is 0 Å². The smallest absolute Gasteiger partial charge is 0.416 e. The van der Waals surface area contributed by atoms with Gasteiger partial charge >= 0.3 is 12.2 Å². The number of aromatic nitrogens is 3. The van der Waals surface area contributed by atoms with Crippen LogP contribution >= 0.6 is 0 Å². The molecule has 32 heavy (non-hydrogen) atoms. The molecule has 0 spiro atoms. The largest absolute Gasteiger partial charge is 0.424 e. The van der Waals surface area contributed by atoms with E-state index < -0.39 is 11.7 Å². The fraction of sp³-hybridized carbons (Fsp3) is 0.591. The highest BCUT2D eigenvalue weighted by Gasteiger charge is 2.35. The first-order valence-corrected chi connectivity index (χ1v) is 10.8. The molecular formula is C22H29F3N6O. The Morgan fingerprint density at radius 3 is 2.72 bits per heavy atom. The Kier molecular flexibility index (Phi) is 7.16. The molecule has 1 fully saturated rings. The third kappa shape index (κ3) is 5.44. The predicted molar refractivity (Wildman–Crippen MR) is 114 cm³/mol. The van der Waals surface area contributed by atoms with Crippen molar-refractivity contribution < 1.29 is 17.9 Å². The predicted octanol–water partition coefficient (Wildman–Crippen LogP) is 5.30. The van der Waals surface area contributed by atoms with Gasteiger partial charge in [-0.25, -0.2) is 4.68 Å². The van der Waals surface area contributed by atoms with E-state index in [2.05, 4.69) is 28.5 Å². The number of rotatable bonds is 8. The Balaban J connectivity index is 1.81. The van der Waals surface area contributed by atoms with Crippen molar-refractivity contribution >= 4 is 5.95 Å². The van der Waals surface area contributed by atoms with Crippen LogP contribution in [0.5, 0.6) is 11.8 Å². The second kappa shape index (κ2) is 9.67. The van der Waals surface area contributed by atoms with E-state index in [1.807, 2.05) is 20.8 Å². The molecule has 1 aromatic carbocycles. The van der Waals surface area contributed by atoms with Crippen LogP contribution in [0.15, 0.2) is 24.3 Å². The summed E-state index contributed by atoms with van der Waals surface area (Å²) in [6, 6.07) is 4.80. The number of nitriles is 1. The van der Waals surface area contributed by atoms with Crippen LogP contribution in [0.4, 0.5) is 19.1 Å². The molecule has 10 heteroatoms. The Morgan fingerprint density at radius 1 is 1.34 bits per heavy atom. The molecule has 2 aromatic rings. The number of halogens is 3. The van der Waals surface area contributed by atoms with Crippen LogP contribution in [0.3, 0.4) is 0 Å². The second-order valence-electron chi connectivity index (χ2n) is 8.51. The number of alkyl halides is 3. The maximum atomic E-state index is 13.0. The minimum Gasteiger partial charge on any atom is -0.424 e.